The molecule has 1 aliphatic heterocycles. The highest BCUT2D eigenvalue weighted by Crippen LogP contribution is 2.27. The summed E-state index contributed by atoms with van der Waals surface area (Å²) >= 11 is 0. The van der Waals surface area contributed by atoms with Crippen molar-refractivity contribution in [2.45, 2.75) is 25.3 Å². The summed E-state index contributed by atoms with van der Waals surface area (Å²) in [6.07, 6.45) is 3.66. The Labute approximate surface area is 125 Å². The Morgan fingerprint density at radius 2 is 2.10 bits per heavy atom. The fourth-order valence-electron chi connectivity index (χ4n) is 2.81. The van der Waals surface area contributed by atoms with Crippen molar-refractivity contribution in [3.63, 3.8) is 0 Å². The van der Waals surface area contributed by atoms with E-state index >= 15 is 0 Å². The second kappa shape index (κ2) is 6.15. The number of urea groups is 1. The van der Waals surface area contributed by atoms with Gasteiger partial charge in [-0.1, -0.05) is 6.07 Å². The van der Waals surface area contributed by atoms with Crippen molar-refractivity contribution < 1.29 is 4.79 Å². The van der Waals surface area contributed by atoms with Crippen LogP contribution in [0.1, 0.15) is 24.8 Å². The van der Waals surface area contributed by atoms with Crippen LogP contribution in [0.2, 0.25) is 0 Å². The molecule has 0 aromatic heterocycles. The molecule has 5 heteroatoms. The normalized spacial score (nSPS) is 19.7. The number of hydrogen-bond acceptors (Lipinski definition) is 3. The molecule has 0 unspecified atom stereocenters. The molecule has 0 spiro atoms. The standard InChI is InChI=1S/C16H20N4O/c17-12-13-3-1-4-14(11-13)18-16(21)20-8-2-7-19(9-10-20)15-5-6-15/h1,3-4,11,15H,2,5-10H2,(H,18,21). The van der Waals surface area contributed by atoms with E-state index in [9.17, 15) is 4.79 Å². The molecule has 5 nitrogen and oxygen atoms in total. The molecule has 110 valence electrons. The summed E-state index contributed by atoms with van der Waals surface area (Å²) in [5.74, 6) is 0. The van der Waals surface area contributed by atoms with E-state index in [1.54, 1.807) is 18.2 Å². The SMILES string of the molecule is N#Cc1cccc(NC(=O)N2CCCN(C3CC3)CC2)c1. The molecule has 1 saturated heterocycles. The van der Waals surface area contributed by atoms with Crippen molar-refractivity contribution >= 4 is 11.7 Å². The van der Waals surface area contributed by atoms with Crippen LogP contribution in [0.5, 0.6) is 0 Å². The molecule has 2 fully saturated rings. The highest BCUT2D eigenvalue weighted by Gasteiger charge is 2.30. The minimum absolute atomic E-state index is 0.0669. The van der Waals surface area contributed by atoms with Gasteiger partial charge in [0.25, 0.3) is 0 Å². The quantitative estimate of drug-likeness (QED) is 0.906. The fraction of sp³-hybridized carbons (Fsp3) is 0.500. The first-order valence-corrected chi connectivity index (χ1v) is 7.56. The van der Waals surface area contributed by atoms with E-state index in [4.69, 9.17) is 5.26 Å². The van der Waals surface area contributed by atoms with Crippen LogP contribution >= 0.6 is 0 Å². The highest BCUT2D eigenvalue weighted by molar-refractivity contribution is 5.89. The molecule has 0 atom stereocenters. The van der Waals surface area contributed by atoms with E-state index in [0.29, 0.717) is 11.3 Å². The number of hydrogen-bond donors (Lipinski definition) is 1. The van der Waals surface area contributed by atoms with Crippen molar-refractivity contribution in [2.75, 3.05) is 31.5 Å². The van der Waals surface area contributed by atoms with Crippen molar-refractivity contribution in [3.8, 4) is 6.07 Å². The van der Waals surface area contributed by atoms with Crippen LogP contribution in [0.25, 0.3) is 0 Å². The van der Waals surface area contributed by atoms with E-state index < -0.39 is 0 Å². The number of amides is 2. The van der Waals surface area contributed by atoms with E-state index in [1.165, 1.54) is 12.8 Å². The van der Waals surface area contributed by atoms with Crippen LogP contribution in [0.15, 0.2) is 24.3 Å². The fourth-order valence-corrected chi connectivity index (χ4v) is 2.81. The van der Waals surface area contributed by atoms with Gasteiger partial charge in [-0.15, -0.1) is 0 Å². The van der Waals surface area contributed by atoms with Gasteiger partial charge in [-0.25, -0.2) is 4.79 Å². The molecule has 2 amide bonds. The first-order chi connectivity index (χ1) is 10.3. The molecule has 3 rings (SSSR count). The maximum atomic E-state index is 12.3. The lowest BCUT2D eigenvalue weighted by molar-refractivity contribution is 0.211. The third-order valence-corrected chi connectivity index (χ3v) is 4.12. The van der Waals surface area contributed by atoms with Crippen LogP contribution in [-0.4, -0.2) is 48.1 Å². The minimum Gasteiger partial charge on any atom is -0.323 e. The first kappa shape index (κ1) is 13.9. The Balaban J connectivity index is 1.58. The molecule has 1 aromatic carbocycles. The average molecular weight is 284 g/mol. The molecular formula is C16H20N4O. The number of nitrogens with one attached hydrogen (secondary N) is 1. The van der Waals surface area contributed by atoms with Gasteiger partial charge >= 0.3 is 6.03 Å². The number of benzene rings is 1. The Kier molecular flexibility index (Phi) is 4.07. The number of carbonyl (C=O) groups is 1. The van der Waals surface area contributed by atoms with Gasteiger partial charge in [0.1, 0.15) is 0 Å². The highest BCUT2D eigenvalue weighted by atomic mass is 16.2. The van der Waals surface area contributed by atoms with Crippen LogP contribution in [0.4, 0.5) is 10.5 Å². The molecule has 1 saturated carbocycles. The van der Waals surface area contributed by atoms with E-state index in [1.807, 2.05) is 11.0 Å². The van der Waals surface area contributed by atoms with Gasteiger partial charge < -0.3 is 10.2 Å². The molecule has 21 heavy (non-hydrogen) atoms. The van der Waals surface area contributed by atoms with Crippen LogP contribution < -0.4 is 5.32 Å². The van der Waals surface area contributed by atoms with Gasteiger partial charge in [0.2, 0.25) is 0 Å². The number of rotatable bonds is 2. The maximum Gasteiger partial charge on any atom is 0.321 e. The van der Waals surface area contributed by atoms with Crippen LogP contribution in [0.3, 0.4) is 0 Å². The van der Waals surface area contributed by atoms with Gasteiger partial charge in [0.15, 0.2) is 0 Å². The van der Waals surface area contributed by atoms with Crippen LogP contribution in [-0.2, 0) is 0 Å². The van der Waals surface area contributed by atoms with E-state index in [2.05, 4.69) is 16.3 Å². The van der Waals surface area contributed by atoms with Crippen molar-refractivity contribution in [3.05, 3.63) is 29.8 Å². The van der Waals surface area contributed by atoms with Gasteiger partial charge in [0, 0.05) is 37.9 Å². The molecule has 1 heterocycles. The number of nitrogens with zero attached hydrogens (tertiary/aromatic N) is 3. The number of anilines is 1. The third-order valence-electron chi connectivity index (χ3n) is 4.12. The monoisotopic (exact) mass is 284 g/mol. The van der Waals surface area contributed by atoms with Gasteiger partial charge in [-0.3, -0.25) is 4.90 Å². The average Bonchev–Trinajstić information content (AvgIpc) is 3.33. The predicted octanol–water partition coefficient (Wildman–Crippen LogP) is 2.26. The Morgan fingerprint density at radius 1 is 1.24 bits per heavy atom. The zero-order valence-corrected chi connectivity index (χ0v) is 12.1. The lowest BCUT2D eigenvalue weighted by Crippen LogP contribution is -2.38. The third kappa shape index (κ3) is 3.53. The summed E-state index contributed by atoms with van der Waals surface area (Å²) in [6.45, 7) is 3.64. The second-order valence-corrected chi connectivity index (χ2v) is 5.73. The summed E-state index contributed by atoms with van der Waals surface area (Å²) in [5.41, 5.74) is 1.24. The molecule has 1 aromatic rings. The summed E-state index contributed by atoms with van der Waals surface area (Å²) in [4.78, 5) is 16.7. The topological polar surface area (TPSA) is 59.4 Å². The largest absolute Gasteiger partial charge is 0.323 e. The Bertz CT molecular complexity index is 562. The maximum absolute atomic E-state index is 12.3. The summed E-state index contributed by atoms with van der Waals surface area (Å²) in [7, 11) is 0. The van der Waals surface area contributed by atoms with Crippen LogP contribution in [0, 0.1) is 11.3 Å². The lowest BCUT2D eigenvalue weighted by Gasteiger charge is -2.22. The van der Waals surface area contributed by atoms with Crippen molar-refractivity contribution in [2.24, 2.45) is 0 Å². The molecule has 2 aliphatic rings. The van der Waals surface area contributed by atoms with Gasteiger partial charge in [-0.05, 0) is 37.5 Å². The predicted molar refractivity (Wildman–Crippen MR) is 81.0 cm³/mol. The van der Waals surface area contributed by atoms with Crippen molar-refractivity contribution in [1.82, 2.24) is 9.80 Å². The number of nitriles is 1. The van der Waals surface area contributed by atoms with E-state index in [0.717, 1.165) is 38.6 Å². The summed E-state index contributed by atoms with van der Waals surface area (Å²) in [6, 6.07) is 9.81. The Hall–Kier alpha value is -2.06. The van der Waals surface area contributed by atoms with Gasteiger partial charge in [0.05, 0.1) is 11.6 Å². The lowest BCUT2D eigenvalue weighted by atomic mass is 10.2. The Morgan fingerprint density at radius 3 is 2.86 bits per heavy atom. The summed E-state index contributed by atoms with van der Waals surface area (Å²) < 4.78 is 0. The second-order valence-electron chi connectivity index (χ2n) is 5.73. The molecule has 1 aliphatic carbocycles. The molecular weight excluding hydrogens is 264 g/mol. The zero-order chi connectivity index (χ0) is 14.7. The smallest absolute Gasteiger partial charge is 0.321 e. The molecule has 0 radical (unpaired) electrons. The molecule has 1 N–H and O–H groups in total. The first-order valence-electron chi connectivity index (χ1n) is 7.56. The summed E-state index contributed by atoms with van der Waals surface area (Å²) in [5, 5.41) is 11.8. The van der Waals surface area contributed by atoms with Crippen molar-refractivity contribution in [1.29, 1.82) is 5.26 Å². The molecule has 0 bridgehead atoms. The minimum atomic E-state index is -0.0669. The number of carbonyl (C=O) groups excluding carboxylic acids is 1. The zero-order valence-electron chi connectivity index (χ0n) is 12.1. The van der Waals surface area contributed by atoms with Gasteiger partial charge in [-0.2, -0.15) is 5.26 Å². The van der Waals surface area contributed by atoms with E-state index in [-0.39, 0.29) is 6.03 Å².